The van der Waals surface area contributed by atoms with Gasteiger partial charge < -0.3 is 63.8 Å². The number of nitrogens with zero attached hydrogens (tertiary/aromatic N) is 1. The molecule has 17 nitrogen and oxygen atoms in total. The van der Waals surface area contributed by atoms with Crippen molar-refractivity contribution in [3.05, 3.63) is 12.3 Å². The van der Waals surface area contributed by atoms with Crippen molar-refractivity contribution >= 4 is 17.8 Å². The first-order valence-electron chi connectivity index (χ1n) is 21.6. The number of hydrogen-bond acceptors (Lipinski definition) is 16. The van der Waals surface area contributed by atoms with E-state index in [4.69, 9.17) is 37.9 Å². The molecule has 3 saturated heterocycles. The molecule has 0 radical (unpaired) electrons. The SMILES string of the molecule is C=C1C[C@H](NC)[C@@H](O)[C@H](O[C@@H]2[C@@H](C)C(O[C@H]3C[C@@](C)(OC)[C@@H](OC(=O)CN(CC)CC)[C@H](C)O3)[C@@H](C)C(=O)O[C@H](CC)[C@@](C)(O)C(O)[C@@H](C)NC(=O)[C@H](C)C[C@@]2(C)OC)O1. The lowest BCUT2D eigenvalue weighted by Crippen LogP contribution is -2.61. The van der Waals surface area contributed by atoms with Crippen molar-refractivity contribution in [1.29, 1.82) is 0 Å². The number of amides is 1. The van der Waals surface area contributed by atoms with Crippen LogP contribution in [0.4, 0.5) is 0 Å². The maximum absolute atomic E-state index is 14.4. The molecular weight excluding hydrogens is 782 g/mol. The molecule has 0 aliphatic carbocycles. The van der Waals surface area contributed by atoms with Crippen molar-refractivity contribution in [2.45, 2.75) is 186 Å². The van der Waals surface area contributed by atoms with Gasteiger partial charge in [0.1, 0.15) is 29.5 Å². The summed E-state index contributed by atoms with van der Waals surface area (Å²) in [4.78, 5) is 43.3. The number of cyclic esters (lactones) is 1. The van der Waals surface area contributed by atoms with Crippen LogP contribution in [-0.2, 0) is 52.3 Å². The minimum Gasteiger partial charge on any atom is -0.467 e. The van der Waals surface area contributed by atoms with Crippen LogP contribution >= 0.6 is 0 Å². The Morgan fingerprint density at radius 1 is 0.950 bits per heavy atom. The minimum atomic E-state index is -1.98. The molecule has 5 N–H and O–H groups in total. The number of carbonyl (C=O) groups excluding carboxylic acids is 3. The summed E-state index contributed by atoms with van der Waals surface area (Å²) < 4.78 is 50.4. The predicted octanol–water partition coefficient (Wildman–Crippen LogP) is 2.41. The Labute approximate surface area is 357 Å². The van der Waals surface area contributed by atoms with Crippen molar-refractivity contribution in [3.8, 4) is 0 Å². The molecule has 2 unspecified atom stereocenters. The van der Waals surface area contributed by atoms with E-state index in [0.29, 0.717) is 25.3 Å². The van der Waals surface area contributed by atoms with Gasteiger partial charge in [-0.2, -0.15) is 0 Å². The fourth-order valence-electron chi connectivity index (χ4n) is 9.00. The number of likely N-dealkylation sites (N-methyl/N-ethyl adjacent to an activating group) is 2. The van der Waals surface area contributed by atoms with Crippen molar-refractivity contribution in [2.75, 3.05) is 40.9 Å². The Morgan fingerprint density at radius 2 is 1.55 bits per heavy atom. The standard InChI is InChI=1S/C43H77N3O14/c1-16-30-43(12,52)35(49)27(8)45-38(50)23(4)20-41(10,53-14)36(60-40-33(48)29(44-13)19-24(5)55-40)25(6)34(26(7)39(51)57-30)59-32-21-42(11,54-15)37(28(9)56-32)58-31(47)22-46(17-2)18-3/h23,25-30,32-37,40,44,48-49,52H,5,16-22H2,1-4,6-15H3,(H,45,50)/t23-,25+,26-,27-,28+,29+,30-,32+,33-,34?,35?,36-,37+,40+,41-,42-,43-/m1/s1. The smallest absolute Gasteiger partial charge is 0.320 e. The number of methoxy groups -OCH3 is 2. The number of nitrogens with one attached hydrogen (secondary N) is 2. The van der Waals surface area contributed by atoms with Gasteiger partial charge in [-0.05, 0) is 74.5 Å². The third kappa shape index (κ3) is 12.0. The van der Waals surface area contributed by atoms with Crippen LogP contribution < -0.4 is 10.6 Å². The predicted molar refractivity (Wildman–Crippen MR) is 221 cm³/mol. The summed E-state index contributed by atoms with van der Waals surface area (Å²) in [6.45, 7) is 24.5. The first kappa shape index (κ1) is 51.9. The van der Waals surface area contributed by atoms with Crippen LogP contribution in [0.5, 0.6) is 0 Å². The third-order valence-corrected chi connectivity index (χ3v) is 13.1. The zero-order valence-corrected chi connectivity index (χ0v) is 38.5. The molecule has 3 fully saturated rings. The van der Waals surface area contributed by atoms with Gasteiger partial charge in [-0.25, -0.2) is 0 Å². The monoisotopic (exact) mass is 860 g/mol. The number of carbonyl (C=O) groups is 3. The Bertz CT molecular complexity index is 1430. The lowest BCUT2D eigenvalue weighted by molar-refractivity contribution is -0.311. The maximum atomic E-state index is 14.4. The van der Waals surface area contributed by atoms with Crippen molar-refractivity contribution in [2.24, 2.45) is 17.8 Å². The van der Waals surface area contributed by atoms with Gasteiger partial charge in [-0.15, -0.1) is 0 Å². The van der Waals surface area contributed by atoms with Crippen LogP contribution in [-0.4, -0.2) is 163 Å². The fraction of sp³-hybridized carbons (Fsp3) is 0.884. The van der Waals surface area contributed by atoms with Crippen LogP contribution in [0.3, 0.4) is 0 Å². The maximum Gasteiger partial charge on any atom is 0.320 e. The number of ether oxygens (including phenoxy) is 8. The molecule has 0 bridgehead atoms. The molecule has 1 amide bonds. The summed E-state index contributed by atoms with van der Waals surface area (Å²) in [6, 6.07) is -1.41. The zero-order chi connectivity index (χ0) is 45.5. The van der Waals surface area contributed by atoms with Crippen LogP contribution in [0.2, 0.25) is 0 Å². The van der Waals surface area contributed by atoms with Gasteiger partial charge in [0.2, 0.25) is 12.2 Å². The number of rotatable bonds is 13. The molecular formula is C43H77N3O14. The largest absolute Gasteiger partial charge is 0.467 e. The lowest BCUT2D eigenvalue weighted by atomic mass is 9.77. The summed E-state index contributed by atoms with van der Waals surface area (Å²) in [5, 5.41) is 40.5. The van der Waals surface area contributed by atoms with Crippen LogP contribution in [0, 0.1) is 17.8 Å². The average molecular weight is 860 g/mol. The van der Waals surface area contributed by atoms with E-state index in [1.165, 1.54) is 21.1 Å². The number of aliphatic hydroxyl groups is 3. The van der Waals surface area contributed by atoms with Gasteiger partial charge in [0.25, 0.3) is 0 Å². The summed E-state index contributed by atoms with van der Waals surface area (Å²) in [6.07, 6.45) is -9.22. The molecule has 3 aliphatic rings. The number of aliphatic hydroxyl groups excluding tert-OH is 2. The highest BCUT2D eigenvalue weighted by molar-refractivity contribution is 5.78. The van der Waals surface area contributed by atoms with Gasteiger partial charge in [-0.1, -0.05) is 41.2 Å². The van der Waals surface area contributed by atoms with E-state index in [1.807, 2.05) is 25.7 Å². The highest BCUT2D eigenvalue weighted by Gasteiger charge is 2.54. The molecule has 0 aromatic heterocycles. The van der Waals surface area contributed by atoms with E-state index in [-0.39, 0.29) is 25.8 Å². The Kier molecular flexibility index (Phi) is 18.8. The molecule has 3 heterocycles. The first-order valence-corrected chi connectivity index (χ1v) is 21.6. The van der Waals surface area contributed by atoms with Crippen LogP contribution in [0.15, 0.2) is 12.3 Å². The summed E-state index contributed by atoms with van der Waals surface area (Å²) in [5.74, 6) is -3.84. The number of esters is 2. The molecule has 17 heteroatoms. The second-order valence-electron chi connectivity index (χ2n) is 17.7. The molecule has 0 saturated carbocycles. The topological polar surface area (TPSA) is 213 Å². The summed E-state index contributed by atoms with van der Waals surface area (Å²) in [7, 11) is 4.71. The van der Waals surface area contributed by atoms with Crippen molar-refractivity contribution in [3.63, 3.8) is 0 Å². The van der Waals surface area contributed by atoms with E-state index < -0.39 is 120 Å². The van der Waals surface area contributed by atoms with Gasteiger partial charge in [0.15, 0.2) is 12.4 Å². The normalized spacial score (nSPS) is 42.7. The van der Waals surface area contributed by atoms with E-state index in [9.17, 15) is 29.7 Å². The Morgan fingerprint density at radius 3 is 2.10 bits per heavy atom. The number of hydrogen-bond donors (Lipinski definition) is 5. The van der Waals surface area contributed by atoms with E-state index >= 15 is 0 Å². The van der Waals surface area contributed by atoms with Crippen LogP contribution in [0.1, 0.15) is 102 Å². The molecule has 0 aromatic rings. The molecule has 0 spiro atoms. The molecule has 3 aliphatic heterocycles. The Hall–Kier alpha value is -2.45. The summed E-state index contributed by atoms with van der Waals surface area (Å²) >= 11 is 0. The Balaban J connectivity index is 2.18. The highest BCUT2D eigenvalue weighted by atomic mass is 16.7. The van der Waals surface area contributed by atoms with E-state index in [0.717, 1.165) is 0 Å². The lowest BCUT2D eigenvalue weighted by Gasteiger charge is -2.49. The average Bonchev–Trinajstić information content (AvgIpc) is 3.20. The van der Waals surface area contributed by atoms with Gasteiger partial charge in [0.05, 0.1) is 48.2 Å². The van der Waals surface area contributed by atoms with Crippen LogP contribution in [0.25, 0.3) is 0 Å². The zero-order valence-electron chi connectivity index (χ0n) is 38.5. The second kappa shape index (κ2) is 21.8. The molecule has 17 atom stereocenters. The van der Waals surface area contributed by atoms with Crippen molar-refractivity contribution < 1.29 is 67.6 Å². The minimum absolute atomic E-state index is 0.0607. The molecule has 348 valence electrons. The molecule has 0 aromatic carbocycles. The van der Waals surface area contributed by atoms with E-state index in [2.05, 4.69) is 17.2 Å². The molecule has 3 rings (SSSR count). The molecule has 60 heavy (non-hydrogen) atoms. The van der Waals surface area contributed by atoms with E-state index in [1.54, 1.807) is 55.5 Å². The van der Waals surface area contributed by atoms with Gasteiger partial charge >= 0.3 is 11.9 Å². The highest BCUT2D eigenvalue weighted by Crippen LogP contribution is 2.41. The quantitative estimate of drug-likeness (QED) is 0.168. The summed E-state index contributed by atoms with van der Waals surface area (Å²) in [5.41, 5.74) is -4.38. The first-order chi connectivity index (χ1) is 28.0. The second-order valence-corrected chi connectivity index (χ2v) is 17.7. The van der Waals surface area contributed by atoms with Gasteiger partial charge in [-0.3, -0.25) is 19.3 Å². The fourth-order valence-corrected chi connectivity index (χ4v) is 9.00. The third-order valence-electron chi connectivity index (χ3n) is 13.1. The van der Waals surface area contributed by atoms with Crippen molar-refractivity contribution in [1.82, 2.24) is 15.5 Å². The van der Waals surface area contributed by atoms with Gasteiger partial charge in [0, 0.05) is 44.9 Å².